The van der Waals surface area contributed by atoms with Crippen molar-refractivity contribution in [2.24, 2.45) is 5.73 Å². The number of fused-ring (bicyclic) bond motifs is 2. The maximum absolute atomic E-state index is 12.7. The third-order valence-electron chi connectivity index (χ3n) is 4.68. The number of guanidine groups is 1. The van der Waals surface area contributed by atoms with E-state index in [2.05, 4.69) is 5.32 Å². The summed E-state index contributed by atoms with van der Waals surface area (Å²) in [6.45, 7) is 0.669. The molecular weight excluding hydrogens is 306 g/mol. The second-order valence-electron chi connectivity index (χ2n) is 6.51. The molecule has 4 N–H and O–H groups in total. The molecule has 0 spiro atoms. The molecule has 1 heterocycles. The third kappa shape index (κ3) is 4.06. The minimum atomic E-state index is -0.276. The van der Waals surface area contributed by atoms with E-state index < -0.39 is 0 Å². The summed E-state index contributed by atoms with van der Waals surface area (Å²) >= 11 is 0. The van der Waals surface area contributed by atoms with E-state index in [-0.39, 0.29) is 24.1 Å². The molecule has 0 aromatic heterocycles. The van der Waals surface area contributed by atoms with Crippen LogP contribution in [0.2, 0.25) is 0 Å². The number of anilines is 1. The number of rotatable bonds is 1. The Hall–Kier alpha value is -2.08. The van der Waals surface area contributed by atoms with Crippen molar-refractivity contribution in [1.29, 1.82) is 5.41 Å². The van der Waals surface area contributed by atoms with Gasteiger partial charge in [0, 0.05) is 12.3 Å². The predicted octanol–water partition coefficient (Wildman–Crippen LogP) is 2.81. The molecule has 1 aromatic rings. The monoisotopic (exact) mass is 331 g/mol. The van der Waals surface area contributed by atoms with Crippen molar-refractivity contribution in [3.63, 3.8) is 0 Å². The molecule has 1 fully saturated rings. The lowest BCUT2D eigenvalue weighted by Crippen LogP contribution is -2.34. The van der Waals surface area contributed by atoms with Gasteiger partial charge in [0.25, 0.3) is 0 Å². The summed E-state index contributed by atoms with van der Waals surface area (Å²) in [5.74, 6) is -0.399. The van der Waals surface area contributed by atoms with Crippen LogP contribution in [0.15, 0.2) is 18.2 Å². The van der Waals surface area contributed by atoms with Crippen LogP contribution in [0.25, 0.3) is 0 Å². The van der Waals surface area contributed by atoms with Gasteiger partial charge >= 0.3 is 5.97 Å². The largest absolute Gasteiger partial charge is 0.456 e. The summed E-state index contributed by atoms with van der Waals surface area (Å²) in [6.07, 6.45) is 6.67. The zero-order chi connectivity index (χ0) is 16.9. The standard InChI is InChI=1S/C18H25N3O3/c19-18(20)21-13-8-9-14-12(11-13)5-4-10-23-15-6-2-1-3-7-16(15)24-17(14)22/h8-9,11,15-16H,1-7,10H2,(H4,19,20,21)/t15?,16-/m0/s1. The van der Waals surface area contributed by atoms with Gasteiger partial charge in [0.05, 0.1) is 11.7 Å². The summed E-state index contributed by atoms with van der Waals surface area (Å²) < 4.78 is 11.8. The van der Waals surface area contributed by atoms with E-state index >= 15 is 0 Å². The Kier molecular flexibility index (Phi) is 5.35. The van der Waals surface area contributed by atoms with Gasteiger partial charge in [-0.1, -0.05) is 12.8 Å². The van der Waals surface area contributed by atoms with E-state index in [1.165, 1.54) is 6.42 Å². The normalized spacial score (nSPS) is 24.8. The lowest BCUT2D eigenvalue weighted by molar-refractivity contribution is -0.0570. The van der Waals surface area contributed by atoms with Gasteiger partial charge in [0.2, 0.25) is 0 Å². The van der Waals surface area contributed by atoms with Gasteiger partial charge in [-0.15, -0.1) is 0 Å². The van der Waals surface area contributed by atoms with Crippen molar-refractivity contribution in [3.8, 4) is 0 Å². The fraction of sp³-hybridized carbons (Fsp3) is 0.556. The van der Waals surface area contributed by atoms with Gasteiger partial charge in [-0.25, -0.2) is 4.79 Å². The van der Waals surface area contributed by atoms with Crippen LogP contribution in [0.5, 0.6) is 0 Å². The Morgan fingerprint density at radius 2 is 1.96 bits per heavy atom. The number of nitrogens with one attached hydrogen (secondary N) is 2. The highest BCUT2D eigenvalue weighted by molar-refractivity contribution is 5.94. The van der Waals surface area contributed by atoms with Crippen molar-refractivity contribution in [1.82, 2.24) is 0 Å². The minimum absolute atomic E-state index is 0.0247. The summed E-state index contributed by atoms with van der Waals surface area (Å²) in [6, 6.07) is 5.38. The zero-order valence-electron chi connectivity index (χ0n) is 13.8. The number of esters is 1. The summed E-state index contributed by atoms with van der Waals surface area (Å²) in [7, 11) is 0. The number of nitrogens with two attached hydrogens (primary N) is 1. The van der Waals surface area contributed by atoms with Crippen LogP contribution < -0.4 is 11.1 Å². The average Bonchev–Trinajstić information content (AvgIpc) is 2.76. The van der Waals surface area contributed by atoms with E-state index in [1.807, 2.05) is 6.07 Å². The molecule has 0 amide bonds. The molecule has 3 rings (SSSR count). The van der Waals surface area contributed by atoms with E-state index in [9.17, 15) is 4.79 Å². The van der Waals surface area contributed by atoms with Gasteiger partial charge in [-0.2, -0.15) is 0 Å². The summed E-state index contributed by atoms with van der Waals surface area (Å²) in [5, 5.41) is 10.1. The Labute approximate surface area is 142 Å². The average molecular weight is 331 g/mol. The quantitative estimate of drug-likeness (QED) is 0.418. The van der Waals surface area contributed by atoms with Crippen LogP contribution in [-0.4, -0.2) is 30.7 Å². The first kappa shape index (κ1) is 16.8. The first-order valence-corrected chi connectivity index (χ1v) is 8.70. The third-order valence-corrected chi connectivity index (χ3v) is 4.68. The Morgan fingerprint density at radius 3 is 2.75 bits per heavy atom. The molecule has 130 valence electrons. The number of ether oxygens (including phenoxy) is 2. The summed E-state index contributed by atoms with van der Waals surface area (Å²) in [4.78, 5) is 12.7. The van der Waals surface area contributed by atoms with Gasteiger partial charge < -0.3 is 20.5 Å². The summed E-state index contributed by atoms with van der Waals surface area (Å²) in [5.41, 5.74) is 7.60. The fourth-order valence-electron chi connectivity index (χ4n) is 3.50. The van der Waals surface area contributed by atoms with Gasteiger partial charge in [0.15, 0.2) is 5.96 Å². The fourth-order valence-corrected chi connectivity index (χ4v) is 3.50. The van der Waals surface area contributed by atoms with Gasteiger partial charge in [-0.3, -0.25) is 5.41 Å². The number of carbonyl (C=O) groups is 1. The number of hydrogen-bond donors (Lipinski definition) is 3. The highest BCUT2D eigenvalue weighted by atomic mass is 16.6. The molecule has 0 bridgehead atoms. The molecule has 0 saturated heterocycles. The molecule has 6 heteroatoms. The Morgan fingerprint density at radius 1 is 1.17 bits per heavy atom. The molecule has 2 aliphatic rings. The molecule has 24 heavy (non-hydrogen) atoms. The van der Waals surface area contributed by atoms with Crippen molar-refractivity contribution in [3.05, 3.63) is 29.3 Å². The predicted molar refractivity (Wildman–Crippen MR) is 92.3 cm³/mol. The molecule has 6 nitrogen and oxygen atoms in total. The van der Waals surface area contributed by atoms with Crippen molar-refractivity contribution in [2.75, 3.05) is 11.9 Å². The topological polar surface area (TPSA) is 97.4 Å². The maximum Gasteiger partial charge on any atom is 0.338 e. The molecule has 1 aromatic carbocycles. The van der Waals surface area contributed by atoms with Crippen LogP contribution in [0.1, 0.15) is 54.4 Å². The second-order valence-corrected chi connectivity index (χ2v) is 6.51. The smallest absolute Gasteiger partial charge is 0.338 e. The first-order chi connectivity index (χ1) is 11.6. The number of hydrogen-bond acceptors (Lipinski definition) is 4. The maximum atomic E-state index is 12.7. The Balaban J connectivity index is 1.84. The minimum Gasteiger partial charge on any atom is -0.456 e. The van der Waals surface area contributed by atoms with E-state index in [0.717, 1.165) is 44.1 Å². The van der Waals surface area contributed by atoms with Crippen LogP contribution in [0.4, 0.5) is 5.69 Å². The van der Waals surface area contributed by atoms with Crippen LogP contribution in [0.3, 0.4) is 0 Å². The van der Waals surface area contributed by atoms with Gasteiger partial charge in [0.1, 0.15) is 6.10 Å². The number of carbonyl (C=O) groups excluding carboxylic acids is 1. The molecule has 1 aliphatic heterocycles. The first-order valence-electron chi connectivity index (χ1n) is 8.70. The molecule has 1 unspecified atom stereocenters. The second kappa shape index (κ2) is 7.66. The SMILES string of the molecule is N=C(N)Nc1ccc2c(c1)CCCOC1CCCCC[C@@H]1OC2=O. The molecule has 1 saturated carbocycles. The molecular formula is C18H25N3O3. The lowest BCUT2D eigenvalue weighted by atomic mass is 10.0. The van der Waals surface area contributed by atoms with Gasteiger partial charge in [-0.05, 0) is 55.9 Å². The Bertz CT molecular complexity index is 618. The zero-order valence-corrected chi connectivity index (χ0v) is 13.8. The highest BCUT2D eigenvalue weighted by Gasteiger charge is 2.29. The van der Waals surface area contributed by atoms with Crippen molar-refractivity contribution >= 4 is 17.6 Å². The number of aryl methyl sites for hydroxylation is 1. The van der Waals surface area contributed by atoms with E-state index in [1.54, 1.807) is 12.1 Å². The lowest BCUT2D eigenvalue weighted by Gasteiger charge is -2.27. The van der Waals surface area contributed by atoms with Crippen molar-refractivity contribution < 1.29 is 14.3 Å². The van der Waals surface area contributed by atoms with E-state index in [0.29, 0.717) is 17.9 Å². The molecule has 1 aliphatic carbocycles. The molecule has 2 atom stereocenters. The highest BCUT2D eigenvalue weighted by Crippen LogP contribution is 2.27. The number of benzene rings is 1. The van der Waals surface area contributed by atoms with Crippen LogP contribution >= 0.6 is 0 Å². The van der Waals surface area contributed by atoms with E-state index in [4.69, 9.17) is 20.6 Å². The van der Waals surface area contributed by atoms with Crippen LogP contribution in [-0.2, 0) is 15.9 Å². The molecule has 0 radical (unpaired) electrons. The van der Waals surface area contributed by atoms with Crippen LogP contribution in [0, 0.1) is 5.41 Å². The van der Waals surface area contributed by atoms with Crippen molar-refractivity contribution in [2.45, 2.75) is 57.2 Å².